The number of carbonyl (C=O) groups excluding carboxylic acids is 1. The first-order valence-corrected chi connectivity index (χ1v) is 10.0. The van der Waals surface area contributed by atoms with Crippen LogP contribution in [0.1, 0.15) is 11.1 Å². The molecule has 1 amide bonds. The Bertz CT molecular complexity index is 1100. The van der Waals surface area contributed by atoms with Crippen molar-refractivity contribution in [3.8, 4) is 5.75 Å². The number of carbonyl (C=O) groups is 1. The number of hydrogen-bond donors (Lipinski definition) is 2. The van der Waals surface area contributed by atoms with Gasteiger partial charge in [0, 0.05) is 35.1 Å². The lowest BCUT2D eigenvalue weighted by atomic mass is 10.2. The monoisotopic (exact) mass is 459 g/mol. The molecular formula is C22H19Cl2N3O4. The van der Waals surface area contributed by atoms with Crippen LogP contribution in [0.4, 0.5) is 17.1 Å². The Morgan fingerprint density at radius 2 is 1.71 bits per heavy atom. The predicted octanol–water partition coefficient (Wildman–Crippen LogP) is 5.84. The fourth-order valence-corrected chi connectivity index (χ4v) is 3.13. The van der Waals surface area contributed by atoms with Gasteiger partial charge in [-0.2, -0.15) is 0 Å². The molecule has 0 atom stereocenters. The lowest BCUT2D eigenvalue weighted by Crippen LogP contribution is -2.20. The van der Waals surface area contributed by atoms with Crippen LogP contribution in [0.3, 0.4) is 0 Å². The molecule has 0 spiro atoms. The summed E-state index contributed by atoms with van der Waals surface area (Å²) >= 11 is 12.3. The van der Waals surface area contributed by atoms with E-state index < -0.39 is 4.92 Å². The average Bonchev–Trinajstić information content (AvgIpc) is 2.74. The number of ether oxygens (including phenoxy) is 1. The lowest BCUT2D eigenvalue weighted by Gasteiger charge is -2.11. The standard InChI is InChI=1S/C22H19Cl2N3O4/c1-14-2-4-17(11-19(14)23)26-22(28)13-31-21-9-3-15(10-20(21)24)12-25-16-5-7-18(8-6-16)27(29)30/h2-11,25H,12-13H2,1H3,(H,26,28). The number of non-ortho nitro benzene ring substituents is 1. The molecule has 0 unspecified atom stereocenters. The van der Waals surface area contributed by atoms with Gasteiger partial charge in [0.2, 0.25) is 0 Å². The van der Waals surface area contributed by atoms with Gasteiger partial charge in [0.1, 0.15) is 5.75 Å². The molecule has 0 bridgehead atoms. The van der Waals surface area contributed by atoms with Crippen LogP contribution < -0.4 is 15.4 Å². The molecule has 160 valence electrons. The molecule has 31 heavy (non-hydrogen) atoms. The van der Waals surface area contributed by atoms with E-state index in [0.717, 1.165) is 16.8 Å². The van der Waals surface area contributed by atoms with Gasteiger partial charge < -0.3 is 15.4 Å². The summed E-state index contributed by atoms with van der Waals surface area (Å²) < 4.78 is 5.52. The van der Waals surface area contributed by atoms with Crippen molar-refractivity contribution in [2.24, 2.45) is 0 Å². The van der Waals surface area contributed by atoms with Crippen LogP contribution in [0.15, 0.2) is 60.7 Å². The van der Waals surface area contributed by atoms with Crippen LogP contribution in [-0.2, 0) is 11.3 Å². The van der Waals surface area contributed by atoms with Gasteiger partial charge >= 0.3 is 0 Å². The molecular weight excluding hydrogens is 441 g/mol. The van der Waals surface area contributed by atoms with E-state index in [1.807, 2.05) is 19.1 Å². The van der Waals surface area contributed by atoms with Gasteiger partial charge in [0.25, 0.3) is 11.6 Å². The van der Waals surface area contributed by atoms with E-state index in [-0.39, 0.29) is 18.2 Å². The van der Waals surface area contributed by atoms with Gasteiger partial charge in [0.15, 0.2) is 6.61 Å². The normalized spacial score (nSPS) is 10.4. The van der Waals surface area contributed by atoms with Crippen molar-refractivity contribution in [1.82, 2.24) is 0 Å². The first-order valence-electron chi connectivity index (χ1n) is 9.27. The third-order valence-electron chi connectivity index (χ3n) is 4.39. The summed E-state index contributed by atoms with van der Waals surface area (Å²) in [5.74, 6) is 0.0535. The summed E-state index contributed by atoms with van der Waals surface area (Å²) in [6.45, 7) is 2.14. The zero-order chi connectivity index (χ0) is 22.4. The van der Waals surface area contributed by atoms with Crippen molar-refractivity contribution in [3.05, 3.63) is 92.0 Å². The number of rotatable bonds is 8. The fourth-order valence-electron chi connectivity index (χ4n) is 2.69. The van der Waals surface area contributed by atoms with E-state index >= 15 is 0 Å². The molecule has 3 rings (SSSR count). The smallest absolute Gasteiger partial charge is 0.269 e. The fraction of sp³-hybridized carbons (Fsp3) is 0.136. The summed E-state index contributed by atoms with van der Waals surface area (Å²) in [5, 5.41) is 17.5. The number of benzene rings is 3. The Morgan fingerprint density at radius 3 is 2.35 bits per heavy atom. The summed E-state index contributed by atoms with van der Waals surface area (Å²) in [7, 11) is 0. The minimum Gasteiger partial charge on any atom is -0.482 e. The first kappa shape index (κ1) is 22.4. The van der Waals surface area contributed by atoms with E-state index in [0.29, 0.717) is 28.0 Å². The van der Waals surface area contributed by atoms with E-state index in [4.69, 9.17) is 27.9 Å². The molecule has 7 nitrogen and oxygen atoms in total. The summed E-state index contributed by atoms with van der Waals surface area (Å²) in [4.78, 5) is 22.4. The Morgan fingerprint density at radius 1 is 1.00 bits per heavy atom. The third-order valence-corrected chi connectivity index (χ3v) is 5.09. The second-order valence-electron chi connectivity index (χ2n) is 6.72. The van der Waals surface area contributed by atoms with Gasteiger partial charge in [-0.15, -0.1) is 0 Å². The maximum Gasteiger partial charge on any atom is 0.269 e. The highest BCUT2D eigenvalue weighted by Gasteiger charge is 2.09. The molecule has 0 saturated carbocycles. The number of nitrogens with one attached hydrogen (secondary N) is 2. The average molecular weight is 460 g/mol. The number of halogens is 2. The van der Waals surface area contributed by atoms with Gasteiger partial charge in [-0.1, -0.05) is 35.3 Å². The largest absolute Gasteiger partial charge is 0.482 e. The second kappa shape index (κ2) is 10.1. The Labute approximate surface area is 189 Å². The molecule has 0 saturated heterocycles. The highest BCUT2D eigenvalue weighted by Crippen LogP contribution is 2.26. The molecule has 0 fully saturated rings. The number of nitrogens with zero attached hydrogens (tertiary/aromatic N) is 1. The maximum atomic E-state index is 12.1. The lowest BCUT2D eigenvalue weighted by molar-refractivity contribution is -0.384. The van der Waals surface area contributed by atoms with Crippen molar-refractivity contribution in [2.75, 3.05) is 17.2 Å². The number of anilines is 2. The number of hydrogen-bond acceptors (Lipinski definition) is 5. The van der Waals surface area contributed by atoms with Gasteiger partial charge in [0.05, 0.1) is 9.95 Å². The van der Waals surface area contributed by atoms with Crippen molar-refractivity contribution in [2.45, 2.75) is 13.5 Å². The predicted molar refractivity (Wildman–Crippen MR) is 122 cm³/mol. The zero-order valence-corrected chi connectivity index (χ0v) is 18.0. The molecule has 9 heteroatoms. The minimum absolute atomic E-state index is 0.0320. The summed E-state index contributed by atoms with van der Waals surface area (Å²) in [5.41, 5.74) is 3.17. The molecule has 0 aliphatic carbocycles. The van der Waals surface area contributed by atoms with Crippen LogP contribution in [0.2, 0.25) is 10.0 Å². The topological polar surface area (TPSA) is 93.5 Å². The van der Waals surface area contributed by atoms with E-state index in [1.165, 1.54) is 12.1 Å². The van der Waals surface area contributed by atoms with Crippen molar-refractivity contribution in [3.63, 3.8) is 0 Å². The molecule has 0 radical (unpaired) electrons. The number of aryl methyl sites for hydroxylation is 1. The highest BCUT2D eigenvalue weighted by molar-refractivity contribution is 6.32. The molecule has 2 N–H and O–H groups in total. The van der Waals surface area contributed by atoms with Crippen LogP contribution >= 0.6 is 23.2 Å². The van der Waals surface area contributed by atoms with Gasteiger partial charge in [-0.25, -0.2) is 0 Å². The molecule has 0 aliphatic heterocycles. The molecule has 3 aromatic carbocycles. The van der Waals surface area contributed by atoms with E-state index in [1.54, 1.807) is 36.4 Å². The molecule has 0 aromatic heterocycles. The Hall–Kier alpha value is -3.29. The Kier molecular flexibility index (Phi) is 7.33. The minimum atomic E-state index is -0.446. The van der Waals surface area contributed by atoms with Gasteiger partial charge in [-0.3, -0.25) is 14.9 Å². The molecule has 3 aromatic rings. The van der Waals surface area contributed by atoms with Crippen molar-refractivity contribution < 1.29 is 14.5 Å². The van der Waals surface area contributed by atoms with Crippen LogP contribution in [-0.4, -0.2) is 17.4 Å². The summed E-state index contributed by atoms with van der Waals surface area (Å²) in [6, 6.07) is 16.6. The van der Waals surface area contributed by atoms with Crippen molar-refractivity contribution in [1.29, 1.82) is 0 Å². The SMILES string of the molecule is Cc1ccc(NC(=O)COc2ccc(CNc3ccc([N+](=O)[O-])cc3)cc2Cl)cc1Cl. The van der Waals surface area contributed by atoms with Crippen molar-refractivity contribution >= 4 is 46.2 Å². The van der Waals surface area contributed by atoms with Gasteiger partial charge in [-0.05, 0) is 54.4 Å². The van der Waals surface area contributed by atoms with Crippen LogP contribution in [0.25, 0.3) is 0 Å². The van der Waals surface area contributed by atoms with E-state index in [2.05, 4.69) is 10.6 Å². The molecule has 0 aliphatic rings. The number of amides is 1. The maximum absolute atomic E-state index is 12.1. The number of nitro groups is 1. The quantitative estimate of drug-likeness (QED) is 0.326. The molecule has 0 heterocycles. The zero-order valence-electron chi connectivity index (χ0n) is 16.5. The number of nitro benzene ring substituents is 1. The Balaban J connectivity index is 1.52. The van der Waals surface area contributed by atoms with E-state index in [9.17, 15) is 14.9 Å². The van der Waals surface area contributed by atoms with Crippen LogP contribution in [0, 0.1) is 17.0 Å². The first-order chi connectivity index (χ1) is 14.8. The van der Waals surface area contributed by atoms with Crippen LogP contribution in [0.5, 0.6) is 5.75 Å². The summed E-state index contributed by atoms with van der Waals surface area (Å²) in [6.07, 6.45) is 0. The second-order valence-corrected chi connectivity index (χ2v) is 7.54. The third kappa shape index (κ3) is 6.34. The highest BCUT2D eigenvalue weighted by atomic mass is 35.5.